The molecule has 7 heteroatoms. The number of hydrogen-bond acceptors (Lipinski definition) is 2. The zero-order valence-corrected chi connectivity index (χ0v) is 9.33. The van der Waals surface area contributed by atoms with Crippen LogP contribution in [0.3, 0.4) is 0 Å². The number of rotatable bonds is 5. The van der Waals surface area contributed by atoms with Crippen LogP contribution in [0.25, 0.3) is 0 Å². The standard InChI is InChI=1S/C10H16F5NO/c11-9(12,10(13,14)15)7-17-5-3-8-2-1-4-16-6-8/h8,16H,1-7H2. The summed E-state index contributed by atoms with van der Waals surface area (Å²) in [7, 11) is 0. The maximum absolute atomic E-state index is 12.4. The van der Waals surface area contributed by atoms with Gasteiger partial charge in [0.15, 0.2) is 0 Å². The monoisotopic (exact) mass is 261 g/mol. The lowest BCUT2D eigenvalue weighted by atomic mass is 9.97. The lowest BCUT2D eigenvalue weighted by molar-refractivity contribution is -0.296. The molecule has 1 aliphatic heterocycles. The summed E-state index contributed by atoms with van der Waals surface area (Å²) in [5.74, 6) is -4.44. The van der Waals surface area contributed by atoms with Gasteiger partial charge < -0.3 is 10.1 Å². The molecule has 0 aromatic heterocycles. The fourth-order valence-electron chi connectivity index (χ4n) is 1.70. The Morgan fingerprint density at radius 3 is 2.41 bits per heavy atom. The van der Waals surface area contributed by atoms with Crippen LogP contribution >= 0.6 is 0 Å². The van der Waals surface area contributed by atoms with E-state index in [0.29, 0.717) is 12.3 Å². The Labute approximate surface area is 96.5 Å². The molecule has 2 nitrogen and oxygen atoms in total. The molecule has 1 unspecified atom stereocenters. The predicted octanol–water partition coefficient (Wildman–Crippen LogP) is 2.59. The van der Waals surface area contributed by atoms with E-state index >= 15 is 0 Å². The molecule has 0 amide bonds. The topological polar surface area (TPSA) is 21.3 Å². The van der Waals surface area contributed by atoms with Crippen LogP contribution in [0.4, 0.5) is 22.0 Å². The normalized spacial score (nSPS) is 22.8. The number of piperidine rings is 1. The van der Waals surface area contributed by atoms with Crippen molar-refractivity contribution in [3.8, 4) is 0 Å². The van der Waals surface area contributed by atoms with E-state index in [0.717, 1.165) is 25.9 Å². The highest BCUT2D eigenvalue weighted by Crippen LogP contribution is 2.35. The molecule has 1 heterocycles. The van der Waals surface area contributed by atoms with Gasteiger partial charge in [0.2, 0.25) is 0 Å². The minimum Gasteiger partial charge on any atom is -0.375 e. The van der Waals surface area contributed by atoms with Gasteiger partial charge >= 0.3 is 12.1 Å². The second-order valence-corrected chi connectivity index (χ2v) is 4.26. The first-order valence-corrected chi connectivity index (χ1v) is 5.56. The van der Waals surface area contributed by atoms with Crippen molar-refractivity contribution < 1.29 is 26.7 Å². The Hall–Kier alpha value is -0.430. The summed E-state index contributed by atoms with van der Waals surface area (Å²) in [5.41, 5.74) is 0. The number of alkyl halides is 5. The van der Waals surface area contributed by atoms with Crippen LogP contribution in [0.15, 0.2) is 0 Å². The Morgan fingerprint density at radius 2 is 1.88 bits per heavy atom. The van der Waals surface area contributed by atoms with Crippen molar-refractivity contribution in [3.63, 3.8) is 0 Å². The average Bonchev–Trinajstić information content (AvgIpc) is 2.24. The molecule has 1 rings (SSSR count). The van der Waals surface area contributed by atoms with Crippen molar-refractivity contribution in [2.24, 2.45) is 5.92 Å². The summed E-state index contributed by atoms with van der Waals surface area (Å²) < 4.78 is 64.6. The fraction of sp³-hybridized carbons (Fsp3) is 1.00. The minimum atomic E-state index is -5.53. The zero-order chi connectivity index (χ0) is 12.9. The molecule has 17 heavy (non-hydrogen) atoms. The number of hydrogen-bond donors (Lipinski definition) is 1. The molecular weight excluding hydrogens is 245 g/mol. The SMILES string of the molecule is FC(F)(F)C(F)(F)COCCC1CCCNC1. The number of ether oxygens (including phenoxy) is 1. The summed E-state index contributed by atoms with van der Waals surface area (Å²) in [6.07, 6.45) is -3.05. The van der Waals surface area contributed by atoms with Gasteiger partial charge in [0.25, 0.3) is 0 Å². The Morgan fingerprint density at radius 1 is 1.18 bits per heavy atom. The Bertz CT molecular complexity index is 225. The van der Waals surface area contributed by atoms with Crippen LogP contribution in [0.1, 0.15) is 19.3 Å². The van der Waals surface area contributed by atoms with Crippen LogP contribution in [0.5, 0.6) is 0 Å². The molecule has 1 aliphatic rings. The lowest BCUT2D eigenvalue weighted by Gasteiger charge is -2.23. The van der Waals surface area contributed by atoms with Crippen molar-refractivity contribution >= 4 is 0 Å². The van der Waals surface area contributed by atoms with Gasteiger partial charge in [-0.3, -0.25) is 0 Å². The highest BCUT2D eigenvalue weighted by Gasteiger charge is 2.57. The first-order valence-electron chi connectivity index (χ1n) is 5.56. The van der Waals surface area contributed by atoms with Crippen molar-refractivity contribution in [1.29, 1.82) is 0 Å². The van der Waals surface area contributed by atoms with E-state index in [4.69, 9.17) is 0 Å². The summed E-state index contributed by atoms with van der Waals surface area (Å²) in [6.45, 7) is 0.0667. The predicted molar refractivity (Wildman–Crippen MR) is 52.0 cm³/mol. The van der Waals surface area contributed by atoms with Crippen molar-refractivity contribution in [1.82, 2.24) is 5.32 Å². The van der Waals surface area contributed by atoms with E-state index in [9.17, 15) is 22.0 Å². The van der Waals surface area contributed by atoms with Crippen molar-refractivity contribution in [2.45, 2.75) is 31.4 Å². The van der Waals surface area contributed by atoms with Crippen molar-refractivity contribution in [3.05, 3.63) is 0 Å². The molecule has 0 aliphatic carbocycles. The molecular formula is C10H16F5NO. The summed E-state index contributed by atoms with van der Waals surface area (Å²) in [6, 6.07) is 0. The summed E-state index contributed by atoms with van der Waals surface area (Å²) in [5, 5.41) is 3.13. The maximum atomic E-state index is 12.4. The third kappa shape index (κ3) is 4.75. The van der Waals surface area contributed by atoms with Gasteiger partial charge in [0.05, 0.1) is 0 Å². The molecule has 0 spiro atoms. The Balaban J connectivity index is 2.15. The Kier molecular flexibility index (Phi) is 5.12. The van der Waals surface area contributed by atoms with E-state index in [1.165, 1.54) is 0 Å². The molecule has 0 aromatic rings. The second-order valence-electron chi connectivity index (χ2n) is 4.26. The molecule has 1 fully saturated rings. The number of nitrogens with one attached hydrogen (secondary N) is 1. The van der Waals surface area contributed by atoms with E-state index in [2.05, 4.69) is 10.1 Å². The van der Waals surface area contributed by atoms with Gasteiger partial charge in [-0.1, -0.05) is 0 Å². The van der Waals surface area contributed by atoms with Crippen LogP contribution < -0.4 is 5.32 Å². The zero-order valence-electron chi connectivity index (χ0n) is 9.33. The van der Waals surface area contributed by atoms with Crippen LogP contribution in [0, 0.1) is 5.92 Å². The van der Waals surface area contributed by atoms with Gasteiger partial charge in [-0.15, -0.1) is 0 Å². The molecule has 0 radical (unpaired) electrons. The smallest absolute Gasteiger partial charge is 0.375 e. The quantitative estimate of drug-likeness (QED) is 0.606. The largest absolute Gasteiger partial charge is 0.455 e. The number of halogens is 5. The molecule has 0 saturated carbocycles. The van der Waals surface area contributed by atoms with Gasteiger partial charge in [0, 0.05) is 6.61 Å². The van der Waals surface area contributed by atoms with Gasteiger partial charge in [0.1, 0.15) is 6.61 Å². The molecule has 1 atom stereocenters. The minimum absolute atomic E-state index is 0.0575. The summed E-state index contributed by atoms with van der Waals surface area (Å²) in [4.78, 5) is 0. The van der Waals surface area contributed by atoms with Crippen molar-refractivity contribution in [2.75, 3.05) is 26.3 Å². The van der Waals surface area contributed by atoms with E-state index in [-0.39, 0.29) is 6.61 Å². The first-order chi connectivity index (χ1) is 7.83. The third-order valence-electron chi connectivity index (χ3n) is 2.77. The van der Waals surface area contributed by atoms with E-state index < -0.39 is 18.7 Å². The molecule has 0 aromatic carbocycles. The average molecular weight is 261 g/mol. The highest BCUT2D eigenvalue weighted by atomic mass is 19.4. The molecule has 0 bridgehead atoms. The fourth-order valence-corrected chi connectivity index (χ4v) is 1.70. The molecule has 1 saturated heterocycles. The highest BCUT2D eigenvalue weighted by molar-refractivity contribution is 4.75. The van der Waals surface area contributed by atoms with Gasteiger partial charge in [-0.05, 0) is 38.3 Å². The second kappa shape index (κ2) is 5.95. The lowest BCUT2D eigenvalue weighted by Crippen LogP contribution is -2.41. The van der Waals surface area contributed by atoms with Crippen LogP contribution in [-0.2, 0) is 4.74 Å². The maximum Gasteiger partial charge on any atom is 0.455 e. The van der Waals surface area contributed by atoms with Gasteiger partial charge in [-0.2, -0.15) is 22.0 Å². The van der Waals surface area contributed by atoms with E-state index in [1.54, 1.807) is 0 Å². The third-order valence-corrected chi connectivity index (χ3v) is 2.77. The van der Waals surface area contributed by atoms with Crippen LogP contribution in [-0.4, -0.2) is 38.4 Å². The summed E-state index contributed by atoms with van der Waals surface area (Å²) >= 11 is 0. The molecule has 102 valence electrons. The van der Waals surface area contributed by atoms with Crippen LogP contribution in [0.2, 0.25) is 0 Å². The first kappa shape index (κ1) is 14.6. The van der Waals surface area contributed by atoms with E-state index in [1.807, 2.05) is 0 Å². The van der Waals surface area contributed by atoms with Gasteiger partial charge in [-0.25, -0.2) is 0 Å². The molecule has 1 N–H and O–H groups in total.